The molecule has 128 valence electrons. The summed E-state index contributed by atoms with van der Waals surface area (Å²) >= 11 is 6.35. The Kier molecular flexibility index (Phi) is 4.57. The van der Waals surface area contributed by atoms with Gasteiger partial charge in [-0.25, -0.2) is 4.98 Å². The largest absolute Gasteiger partial charge is 0.307 e. The van der Waals surface area contributed by atoms with E-state index in [1.165, 1.54) is 17.3 Å². The minimum absolute atomic E-state index is 0.136. The van der Waals surface area contributed by atoms with Crippen LogP contribution in [0.4, 0.5) is 0 Å². The molecule has 2 heterocycles. The fraction of sp³-hybridized carbons (Fsp3) is 0.0952. The van der Waals surface area contributed by atoms with Gasteiger partial charge in [-0.05, 0) is 41.8 Å². The van der Waals surface area contributed by atoms with E-state index in [1.807, 2.05) is 36.4 Å². The zero-order valence-electron chi connectivity index (χ0n) is 14.2. The molecule has 1 amide bonds. The molecule has 1 aromatic heterocycles. The number of aryl methyl sites for hydroxylation is 1. The highest BCUT2D eigenvalue weighted by Crippen LogP contribution is 2.29. The van der Waals surface area contributed by atoms with Crippen LogP contribution in [0, 0.1) is 0 Å². The summed E-state index contributed by atoms with van der Waals surface area (Å²) < 4.78 is 0.502. The number of hydrogen-bond donors (Lipinski definition) is 1. The van der Waals surface area contributed by atoms with Gasteiger partial charge in [0.15, 0.2) is 0 Å². The second-order valence-corrected chi connectivity index (χ2v) is 7.74. The van der Waals surface area contributed by atoms with Gasteiger partial charge in [-0.3, -0.25) is 4.79 Å². The third kappa shape index (κ3) is 3.28. The molecule has 1 fully saturated rings. The van der Waals surface area contributed by atoms with Gasteiger partial charge in [-0.1, -0.05) is 67.3 Å². The van der Waals surface area contributed by atoms with Crippen LogP contribution in [0.5, 0.6) is 0 Å². The van der Waals surface area contributed by atoms with Gasteiger partial charge < -0.3 is 5.32 Å². The van der Waals surface area contributed by atoms with E-state index in [0.717, 1.165) is 34.1 Å². The van der Waals surface area contributed by atoms with Crippen molar-refractivity contribution in [3.05, 3.63) is 70.6 Å². The maximum absolute atomic E-state index is 11.9. The normalized spacial score (nSPS) is 15.7. The highest BCUT2D eigenvalue weighted by Gasteiger charge is 2.22. The minimum Gasteiger partial charge on any atom is -0.307 e. The highest BCUT2D eigenvalue weighted by atomic mass is 32.2. The summed E-state index contributed by atoms with van der Waals surface area (Å²) in [6.45, 7) is 2.14. The van der Waals surface area contributed by atoms with Crippen LogP contribution >= 0.6 is 24.0 Å². The molecule has 0 bridgehead atoms. The van der Waals surface area contributed by atoms with Crippen LogP contribution in [0.2, 0.25) is 0 Å². The number of rotatable bonds is 3. The zero-order valence-corrected chi connectivity index (χ0v) is 15.8. The summed E-state index contributed by atoms with van der Waals surface area (Å²) in [4.78, 5) is 17.4. The lowest BCUT2D eigenvalue weighted by atomic mass is 10.00. The number of benzene rings is 2. The molecule has 26 heavy (non-hydrogen) atoms. The van der Waals surface area contributed by atoms with Crippen molar-refractivity contribution in [3.63, 3.8) is 0 Å². The van der Waals surface area contributed by atoms with Gasteiger partial charge >= 0.3 is 0 Å². The summed E-state index contributed by atoms with van der Waals surface area (Å²) in [5.74, 6) is -0.136. The van der Waals surface area contributed by atoms with Crippen molar-refractivity contribution in [2.45, 2.75) is 13.3 Å². The lowest BCUT2D eigenvalue weighted by Crippen LogP contribution is -2.17. The van der Waals surface area contributed by atoms with Crippen LogP contribution in [0.15, 0.2) is 59.5 Å². The molecule has 1 N–H and O–H groups in total. The number of pyridine rings is 1. The van der Waals surface area contributed by atoms with E-state index in [1.54, 1.807) is 0 Å². The van der Waals surface area contributed by atoms with Crippen LogP contribution in [-0.4, -0.2) is 15.2 Å². The topological polar surface area (TPSA) is 42.0 Å². The van der Waals surface area contributed by atoms with Gasteiger partial charge in [0.2, 0.25) is 0 Å². The average molecular weight is 377 g/mol. The molecule has 5 heteroatoms. The summed E-state index contributed by atoms with van der Waals surface area (Å²) in [6.07, 6.45) is 2.78. The number of hydrogen-bond acceptors (Lipinski definition) is 4. The summed E-state index contributed by atoms with van der Waals surface area (Å²) in [7, 11) is 0. The molecule has 0 saturated carbocycles. The first kappa shape index (κ1) is 16.9. The average Bonchev–Trinajstić information content (AvgIpc) is 2.97. The van der Waals surface area contributed by atoms with Crippen molar-refractivity contribution in [1.82, 2.24) is 10.3 Å². The molecule has 0 spiro atoms. The molecular formula is C21H16N2OS2. The number of carbonyl (C=O) groups is 1. The summed E-state index contributed by atoms with van der Waals surface area (Å²) in [5.41, 5.74) is 5.20. The summed E-state index contributed by atoms with van der Waals surface area (Å²) in [6, 6.07) is 18.5. The maximum atomic E-state index is 11.9. The van der Waals surface area contributed by atoms with Gasteiger partial charge in [-0.15, -0.1) is 0 Å². The van der Waals surface area contributed by atoms with E-state index in [0.29, 0.717) is 9.23 Å². The quantitative estimate of drug-likeness (QED) is 0.519. The minimum atomic E-state index is -0.136. The third-order valence-corrected chi connectivity index (χ3v) is 5.45. The van der Waals surface area contributed by atoms with Crippen molar-refractivity contribution in [2.75, 3.05) is 0 Å². The number of thiocarbonyl (C=S) groups is 1. The molecule has 4 rings (SSSR count). The van der Waals surface area contributed by atoms with Gasteiger partial charge in [0.25, 0.3) is 5.91 Å². The Labute approximate surface area is 161 Å². The number of nitrogens with zero attached hydrogens (tertiary/aromatic N) is 1. The van der Waals surface area contributed by atoms with Crippen molar-refractivity contribution >= 4 is 51.2 Å². The van der Waals surface area contributed by atoms with Crippen LogP contribution in [-0.2, 0) is 11.2 Å². The second-order valence-electron chi connectivity index (χ2n) is 6.02. The zero-order chi connectivity index (χ0) is 18.1. The molecule has 2 aromatic carbocycles. The Morgan fingerprint density at radius 1 is 1.15 bits per heavy atom. The molecule has 3 aromatic rings. The van der Waals surface area contributed by atoms with Crippen LogP contribution in [0.3, 0.4) is 0 Å². The van der Waals surface area contributed by atoms with Gasteiger partial charge in [-0.2, -0.15) is 0 Å². The number of carbonyl (C=O) groups excluding carboxylic acids is 1. The van der Waals surface area contributed by atoms with Crippen LogP contribution in [0.25, 0.3) is 28.2 Å². The first-order chi connectivity index (χ1) is 12.6. The Morgan fingerprint density at radius 2 is 2.00 bits per heavy atom. The Morgan fingerprint density at radius 3 is 2.77 bits per heavy atom. The fourth-order valence-electron chi connectivity index (χ4n) is 3.03. The monoisotopic (exact) mass is 376 g/mol. The molecule has 0 radical (unpaired) electrons. The van der Waals surface area contributed by atoms with E-state index in [9.17, 15) is 4.79 Å². The fourth-order valence-corrected chi connectivity index (χ4v) is 4.07. The molecule has 1 saturated heterocycles. The van der Waals surface area contributed by atoms with Gasteiger partial charge in [0.05, 0.1) is 16.1 Å². The Bertz CT molecular complexity index is 1070. The van der Waals surface area contributed by atoms with Crippen molar-refractivity contribution in [1.29, 1.82) is 0 Å². The first-order valence-corrected chi connectivity index (χ1v) is 9.60. The summed E-state index contributed by atoms with van der Waals surface area (Å²) in [5, 5.41) is 3.80. The molecule has 1 aliphatic rings. The molecule has 0 unspecified atom stereocenters. The number of para-hydroxylation sites is 1. The highest BCUT2D eigenvalue weighted by molar-refractivity contribution is 8.26. The predicted octanol–water partition coefficient (Wildman–Crippen LogP) is 4.95. The van der Waals surface area contributed by atoms with E-state index in [2.05, 4.69) is 36.5 Å². The smallest absolute Gasteiger partial charge is 0.263 e. The molecular weight excluding hydrogens is 360 g/mol. The number of amides is 1. The number of aromatic nitrogens is 1. The third-order valence-electron chi connectivity index (χ3n) is 4.28. The first-order valence-electron chi connectivity index (χ1n) is 8.38. The van der Waals surface area contributed by atoms with Gasteiger partial charge in [0.1, 0.15) is 4.32 Å². The van der Waals surface area contributed by atoms with Crippen molar-refractivity contribution < 1.29 is 4.79 Å². The lowest BCUT2D eigenvalue weighted by Gasteiger charge is -2.10. The lowest BCUT2D eigenvalue weighted by molar-refractivity contribution is -0.115. The second kappa shape index (κ2) is 7.02. The Hall–Kier alpha value is -2.50. The molecule has 3 nitrogen and oxygen atoms in total. The predicted molar refractivity (Wildman–Crippen MR) is 113 cm³/mol. The van der Waals surface area contributed by atoms with E-state index >= 15 is 0 Å². The van der Waals surface area contributed by atoms with E-state index in [-0.39, 0.29) is 5.91 Å². The Balaban J connectivity index is 1.79. The molecule has 0 atom stereocenters. The van der Waals surface area contributed by atoms with E-state index < -0.39 is 0 Å². The molecule has 0 aliphatic carbocycles. The van der Waals surface area contributed by atoms with E-state index in [4.69, 9.17) is 17.2 Å². The van der Waals surface area contributed by atoms with Gasteiger partial charge in [0, 0.05) is 10.9 Å². The van der Waals surface area contributed by atoms with Crippen LogP contribution in [0.1, 0.15) is 18.1 Å². The van der Waals surface area contributed by atoms with Crippen molar-refractivity contribution in [2.24, 2.45) is 0 Å². The number of nitrogens with one attached hydrogen (secondary N) is 1. The van der Waals surface area contributed by atoms with Crippen LogP contribution < -0.4 is 5.32 Å². The van der Waals surface area contributed by atoms with Crippen molar-refractivity contribution in [3.8, 4) is 11.3 Å². The maximum Gasteiger partial charge on any atom is 0.263 e. The molecule has 1 aliphatic heterocycles. The number of fused-ring (bicyclic) bond motifs is 1. The SMILES string of the molecule is CCc1cc2ccccc2nc1-c1cccc(C=C2SC(=S)NC2=O)c1. The standard InChI is InChI=1S/C21H16N2OS2/c1-2-14-12-15-7-3-4-9-17(15)22-19(14)16-8-5-6-13(10-16)11-18-20(24)23-21(25)26-18/h3-12H,2H2,1H3,(H,23,24,25). The number of thioether (sulfide) groups is 1.